The lowest BCUT2D eigenvalue weighted by Gasteiger charge is -2.43. The molecule has 0 rings (SSSR count). The molecule has 0 radical (unpaired) electrons. The van der Waals surface area contributed by atoms with Gasteiger partial charge in [-0.3, -0.25) is 0 Å². The fourth-order valence-electron chi connectivity index (χ4n) is 1.77. The number of alkyl halides is 18. The van der Waals surface area contributed by atoms with Gasteiger partial charge in [-0.25, -0.2) is 22.0 Å². The lowest BCUT2D eigenvalue weighted by atomic mass is 9.80. The predicted molar refractivity (Wildman–Crippen MR) is 59.3 cm³/mol. The molecular weight excluding hydrogens is 558 g/mol. The van der Waals surface area contributed by atoms with Gasteiger partial charge >= 0.3 is 36.3 Å². The summed E-state index contributed by atoms with van der Waals surface area (Å²) in [6.45, 7) is 0. The normalized spacial score (nSPS) is 18.4. The molecule has 2 unspecified atom stereocenters. The molecule has 0 aromatic carbocycles. The van der Waals surface area contributed by atoms with Crippen molar-refractivity contribution in [1.29, 1.82) is 0 Å². The first-order chi connectivity index (χ1) is 11.3. The van der Waals surface area contributed by atoms with Crippen LogP contribution in [0.2, 0.25) is 0 Å². The Labute approximate surface area is 150 Å². The van der Waals surface area contributed by atoms with Gasteiger partial charge in [-0.05, 0) is 0 Å². The largest absolute Gasteiger partial charge is 0.437 e. The van der Waals surface area contributed by atoms with Crippen LogP contribution >= 0.6 is 22.6 Å². The van der Waals surface area contributed by atoms with E-state index in [0.717, 1.165) is 0 Å². The summed E-state index contributed by atoms with van der Waals surface area (Å²) in [6, 6.07) is 0. The van der Waals surface area contributed by atoms with Crippen molar-refractivity contribution in [3.8, 4) is 0 Å². The van der Waals surface area contributed by atoms with Gasteiger partial charge in [0.1, 0.15) is 0 Å². The Hall–Kier alpha value is -0.460. The monoisotopic (exact) mass is 560 g/mol. The van der Waals surface area contributed by atoms with E-state index >= 15 is 0 Å². The van der Waals surface area contributed by atoms with Gasteiger partial charge < -0.3 is 0 Å². The maximum absolute atomic E-state index is 13.5. The lowest BCUT2D eigenvalue weighted by molar-refractivity contribution is -0.432. The molecule has 0 amide bonds. The quantitative estimate of drug-likeness (QED) is 0.206. The highest BCUT2D eigenvalue weighted by Crippen LogP contribution is 2.63. The number of hydrogen-bond acceptors (Lipinski definition) is 0. The second kappa shape index (κ2) is 6.81. The summed E-state index contributed by atoms with van der Waals surface area (Å²) >= 11 is -0.637. The minimum atomic E-state index is -8.24. The molecule has 0 heterocycles. The Balaban J connectivity index is 6.97. The maximum Gasteiger partial charge on any atom is 0.437 e. The van der Waals surface area contributed by atoms with Gasteiger partial charge in [-0.1, -0.05) is 22.6 Å². The molecule has 0 aliphatic rings. The molecule has 0 aromatic heterocycles. The van der Waals surface area contributed by atoms with Crippen LogP contribution < -0.4 is 0 Å². The van der Waals surface area contributed by atoms with Gasteiger partial charge in [-0.15, -0.1) is 0 Å². The molecule has 0 aliphatic heterocycles. The molecule has 0 N–H and O–H groups in total. The molecule has 0 bridgehead atoms. The summed E-state index contributed by atoms with van der Waals surface area (Å²) in [5.74, 6) is -21.8. The number of halogens is 18. The van der Waals surface area contributed by atoms with Crippen LogP contribution in [0.5, 0.6) is 0 Å². The summed E-state index contributed by atoms with van der Waals surface area (Å²) < 4.78 is 210. The Bertz CT molecular complexity index is 504. The van der Waals surface area contributed by atoms with Crippen LogP contribution in [-0.2, 0) is 0 Å². The van der Waals surface area contributed by atoms with Crippen LogP contribution in [-0.4, -0.2) is 46.1 Å². The van der Waals surface area contributed by atoms with E-state index in [1.165, 1.54) is 0 Å². The summed E-state index contributed by atoms with van der Waals surface area (Å²) in [5, 5.41) is 0. The first kappa shape index (κ1) is 26.5. The van der Waals surface area contributed by atoms with Crippen molar-refractivity contribution in [2.45, 2.75) is 46.1 Å². The first-order valence-corrected chi connectivity index (χ1v) is 6.87. The van der Waals surface area contributed by atoms with Gasteiger partial charge in [0.15, 0.2) is 9.84 Å². The van der Waals surface area contributed by atoms with Gasteiger partial charge in [0, 0.05) is 0 Å². The smallest absolute Gasteiger partial charge is 0.217 e. The predicted octanol–water partition coefficient (Wildman–Crippen LogP) is 6.63. The van der Waals surface area contributed by atoms with Gasteiger partial charge in [0.05, 0.1) is 0 Å². The molecule has 0 saturated heterocycles. The Morgan fingerprint density at radius 2 is 0.778 bits per heavy atom. The fourth-order valence-corrected chi connectivity index (χ4v) is 2.13. The third kappa shape index (κ3) is 4.43. The molecule has 18 heteroatoms. The van der Waals surface area contributed by atoms with E-state index in [4.69, 9.17) is 0 Å². The van der Waals surface area contributed by atoms with Crippen LogP contribution in [0, 0.1) is 5.92 Å². The molecule has 0 aliphatic carbocycles. The zero-order valence-electron chi connectivity index (χ0n) is 11.5. The van der Waals surface area contributed by atoms with E-state index in [9.17, 15) is 74.6 Å². The average Bonchev–Trinajstić information content (AvgIpc) is 2.29. The minimum Gasteiger partial charge on any atom is -0.217 e. The van der Waals surface area contributed by atoms with Gasteiger partial charge in [0.25, 0.3) is 5.92 Å². The van der Waals surface area contributed by atoms with Crippen LogP contribution in [0.1, 0.15) is 0 Å². The van der Waals surface area contributed by atoms with Crippen LogP contribution in [0.3, 0.4) is 0 Å². The molecule has 0 aromatic rings. The third-order valence-electron chi connectivity index (χ3n) is 2.94. The highest BCUT2D eigenvalue weighted by molar-refractivity contribution is 14.1. The number of hydrogen-bond donors (Lipinski definition) is 0. The van der Waals surface area contributed by atoms with Crippen molar-refractivity contribution >= 4 is 22.6 Å². The highest BCUT2D eigenvalue weighted by Gasteiger charge is 2.91. The van der Waals surface area contributed by atoms with Crippen molar-refractivity contribution < 1.29 is 74.6 Å². The molecule has 27 heavy (non-hydrogen) atoms. The van der Waals surface area contributed by atoms with E-state index < -0.39 is 74.7 Å². The van der Waals surface area contributed by atoms with E-state index in [0.29, 0.717) is 0 Å². The van der Waals surface area contributed by atoms with Crippen molar-refractivity contribution in [2.75, 3.05) is 0 Å². The third-order valence-corrected chi connectivity index (χ3v) is 4.48. The summed E-state index contributed by atoms with van der Waals surface area (Å²) in [7, 11) is 0. The molecular formula is C9H2F17I. The molecule has 164 valence electrons. The summed E-state index contributed by atoms with van der Waals surface area (Å²) in [5.41, 5.74) is -8.24. The molecule has 2 atom stereocenters. The van der Waals surface area contributed by atoms with Crippen molar-refractivity contribution in [2.24, 2.45) is 5.92 Å². The molecule has 0 saturated carbocycles. The zero-order valence-corrected chi connectivity index (χ0v) is 13.6. The van der Waals surface area contributed by atoms with Crippen LogP contribution in [0.15, 0.2) is 0 Å². The SMILES string of the molecule is FC(F)(F)C(I)C(F)(F)C(C(F)(F)F)C(F)(F)C(F)(C(F)(F)F)C(F)(F)F. The van der Waals surface area contributed by atoms with E-state index in [1.807, 2.05) is 0 Å². The first-order valence-electron chi connectivity index (χ1n) is 5.62. The van der Waals surface area contributed by atoms with Crippen molar-refractivity contribution in [3.63, 3.8) is 0 Å². The second-order valence-corrected chi connectivity index (χ2v) is 6.08. The molecule has 0 nitrogen and oxygen atoms in total. The Kier molecular flexibility index (Phi) is 6.69. The highest BCUT2D eigenvalue weighted by atomic mass is 127. The minimum absolute atomic E-state index is 0.637. The zero-order chi connectivity index (χ0) is 22.7. The lowest BCUT2D eigenvalue weighted by Crippen LogP contribution is -2.72. The Morgan fingerprint density at radius 1 is 0.481 bits per heavy atom. The van der Waals surface area contributed by atoms with Crippen molar-refractivity contribution in [3.05, 3.63) is 0 Å². The van der Waals surface area contributed by atoms with Gasteiger partial charge in [0.2, 0.25) is 0 Å². The summed E-state index contributed by atoms with van der Waals surface area (Å²) in [6.07, 6.45) is -29.9. The summed E-state index contributed by atoms with van der Waals surface area (Å²) in [4.78, 5) is 0. The molecule has 0 spiro atoms. The van der Waals surface area contributed by atoms with Crippen LogP contribution in [0.25, 0.3) is 0 Å². The van der Waals surface area contributed by atoms with Crippen molar-refractivity contribution in [1.82, 2.24) is 0 Å². The maximum atomic E-state index is 13.5. The fraction of sp³-hybridized carbons (Fsp3) is 1.00. The average molecular weight is 560 g/mol. The standard InChI is InChI=1S/C9H2F17I/c10-3(11,2(27)6(17,18)19)1(5(14,15)16)4(12,13)7(20,8(21,22)23)9(24,25)26/h1-2H. The number of rotatable bonds is 4. The topological polar surface area (TPSA) is 0 Å². The van der Waals surface area contributed by atoms with Gasteiger partial charge in [-0.2, -0.15) is 52.7 Å². The van der Waals surface area contributed by atoms with E-state index in [-0.39, 0.29) is 0 Å². The van der Waals surface area contributed by atoms with Crippen LogP contribution in [0.4, 0.5) is 74.6 Å². The van der Waals surface area contributed by atoms with E-state index in [2.05, 4.69) is 0 Å². The molecule has 0 fully saturated rings. The van der Waals surface area contributed by atoms with E-state index in [1.54, 1.807) is 0 Å². The Morgan fingerprint density at radius 3 is 0.963 bits per heavy atom. The second-order valence-electron chi connectivity index (χ2n) is 4.83.